The minimum Gasteiger partial charge on any atom is -0.480 e. The number of nitrogens with one attached hydrogen (secondary N) is 1. The van der Waals surface area contributed by atoms with E-state index in [1.807, 2.05) is 0 Å². The highest BCUT2D eigenvalue weighted by atomic mass is 16.6. The molecule has 0 spiro atoms. The minimum atomic E-state index is -1.22. The van der Waals surface area contributed by atoms with Gasteiger partial charge in [-0.3, -0.25) is 10.1 Å². The van der Waals surface area contributed by atoms with E-state index in [9.17, 15) is 19.7 Å². The second-order valence-electron chi connectivity index (χ2n) is 5.66. The van der Waals surface area contributed by atoms with Crippen molar-refractivity contribution in [1.29, 1.82) is 0 Å². The maximum absolute atomic E-state index is 11.6. The van der Waals surface area contributed by atoms with Crippen LogP contribution in [0.2, 0.25) is 0 Å². The lowest BCUT2D eigenvalue weighted by Gasteiger charge is -2.22. The van der Waals surface area contributed by atoms with Crippen LogP contribution in [0.25, 0.3) is 0 Å². The van der Waals surface area contributed by atoms with Crippen LogP contribution < -0.4 is 5.32 Å². The van der Waals surface area contributed by atoms with Crippen LogP contribution >= 0.6 is 0 Å². The third kappa shape index (κ3) is 5.78. The number of carbonyl (C=O) groups excluding carboxylic acids is 1. The van der Waals surface area contributed by atoms with Crippen LogP contribution in [0.5, 0.6) is 0 Å². The molecule has 2 N–H and O–H groups in total. The number of benzene rings is 1. The SMILES string of the molecule is CC(C)(C)OC(=O)NC(Cc1ccc([N+](=O)[O-])cc1)C(=O)O. The third-order valence-electron chi connectivity index (χ3n) is 2.58. The number of hydrogen-bond donors (Lipinski definition) is 2. The van der Waals surface area contributed by atoms with Gasteiger partial charge in [0.2, 0.25) is 0 Å². The van der Waals surface area contributed by atoms with E-state index in [1.165, 1.54) is 24.3 Å². The second-order valence-corrected chi connectivity index (χ2v) is 5.66. The van der Waals surface area contributed by atoms with Crippen molar-refractivity contribution in [3.63, 3.8) is 0 Å². The smallest absolute Gasteiger partial charge is 0.408 e. The van der Waals surface area contributed by atoms with Crippen LogP contribution in [-0.4, -0.2) is 33.7 Å². The van der Waals surface area contributed by atoms with Crippen molar-refractivity contribution in [3.8, 4) is 0 Å². The maximum atomic E-state index is 11.6. The number of non-ortho nitro benzene ring substituents is 1. The number of aliphatic carboxylic acids is 1. The summed E-state index contributed by atoms with van der Waals surface area (Å²) in [7, 11) is 0. The average Bonchev–Trinajstić information content (AvgIpc) is 2.36. The summed E-state index contributed by atoms with van der Waals surface area (Å²) in [4.78, 5) is 32.8. The summed E-state index contributed by atoms with van der Waals surface area (Å²) in [6, 6.07) is 4.27. The normalized spacial score (nSPS) is 12.3. The summed E-state index contributed by atoms with van der Waals surface area (Å²) >= 11 is 0. The predicted octanol–water partition coefficient (Wildman–Crippen LogP) is 2.12. The van der Waals surface area contributed by atoms with Gasteiger partial charge in [-0.1, -0.05) is 12.1 Å². The standard InChI is InChI=1S/C14H18N2O6/c1-14(2,3)22-13(19)15-11(12(17)18)8-9-4-6-10(7-5-9)16(20)21/h4-7,11H,8H2,1-3H3,(H,15,19)(H,17,18). The summed E-state index contributed by atoms with van der Waals surface area (Å²) in [6.45, 7) is 5.00. The maximum Gasteiger partial charge on any atom is 0.408 e. The number of hydrogen-bond acceptors (Lipinski definition) is 5. The monoisotopic (exact) mass is 310 g/mol. The Bertz CT molecular complexity index is 562. The molecule has 22 heavy (non-hydrogen) atoms. The van der Waals surface area contributed by atoms with E-state index in [0.29, 0.717) is 5.56 Å². The molecule has 1 unspecified atom stereocenters. The lowest BCUT2D eigenvalue weighted by Crippen LogP contribution is -2.44. The number of carbonyl (C=O) groups is 2. The molecule has 0 fully saturated rings. The number of carboxylic acids is 1. The molecule has 0 radical (unpaired) electrons. The number of ether oxygens (including phenoxy) is 1. The molecular weight excluding hydrogens is 292 g/mol. The number of nitrogens with zero attached hydrogens (tertiary/aromatic N) is 1. The fourth-order valence-electron chi connectivity index (χ4n) is 1.64. The van der Waals surface area contributed by atoms with Gasteiger partial charge in [0.1, 0.15) is 11.6 Å². The van der Waals surface area contributed by atoms with Gasteiger partial charge in [0, 0.05) is 18.6 Å². The molecule has 1 rings (SSSR count). The quantitative estimate of drug-likeness (QED) is 0.635. The highest BCUT2D eigenvalue weighted by molar-refractivity contribution is 5.80. The fourth-order valence-corrected chi connectivity index (χ4v) is 1.64. The zero-order valence-electron chi connectivity index (χ0n) is 12.5. The Morgan fingerprint density at radius 1 is 1.32 bits per heavy atom. The molecule has 0 aliphatic carbocycles. The van der Waals surface area contributed by atoms with Gasteiger partial charge in [-0.25, -0.2) is 9.59 Å². The van der Waals surface area contributed by atoms with Crippen LogP contribution in [0.1, 0.15) is 26.3 Å². The Kier molecular flexibility index (Phi) is 5.44. The molecule has 1 atom stereocenters. The van der Waals surface area contributed by atoms with Gasteiger partial charge in [-0.2, -0.15) is 0 Å². The molecule has 1 amide bonds. The highest BCUT2D eigenvalue weighted by Crippen LogP contribution is 2.14. The first-order valence-electron chi connectivity index (χ1n) is 6.54. The van der Waals surface area contributed by atoms with Gasteiger partial charge >= 0.3 is 12.1 Å². The van der Waals surface area contributed by atoms with Crippen LogP contribution in [0.15, 0.2) is 24.3 Å². The van der Waals surface area contributed by atoms with Crippen molar-refractivity contribution >= 4 is 17.7 Å². The van der Waals surface area contributed by atoms with E-state index in [-0.39, 0.29) is 12.1 Å². The van der Waals surface area contributed by atoms with E-state index in [0.717, 1.165) is 0 Å². The Hall–Kier alpha value is -2.64. The van der Waals surface area contributed by atoms with E-state index in [4.69, 9.17) is 9.84 Å². The molecule has 8 nitrogen and oxygen atoms in total. The molecule has 0 heterocycles. The Labute approximate surface area is 127 Å². The molecule has 0 saturated heterocycles. The summed E-state index contributed by atoms with van der Waals surface area (Å²) in [6.07, 6.45) is -0.839. The van der Waals surface area contributed by atoms with Crippen molar-refractivity contribution < 1.29 is 24.4 Å². The summed E-state index contributed by atoms with van der Waals surface area (Å²) in [5, 5.41) is 22.0. The highest BCUT2D eigenvalue weighted by Gasteiger charge is 2.24. The number of nitro groups is 1. The molecule has 0 aliphatic rings. The van der Waals surface area contributed by atoms with Crippen LogP contribution in [0.3, 0.4) is 0 Å². The molecule has 1 aromatic rings. The van der Waals surface area contributed by atoms with Gasteiger partial charge in [0.25, 0.3) is 5.69 Å². The first-order valence-corrected chi connectivity index (χ1v) is 6.54. The summed E-state index contributed by atoms with van der Waals surface area (Å²) in [5.74, 6) is -1.22. The van der Waals surface area contributed by atoms with Crippen LogP contribution in [0.4, 0.5) is 10.5 Å². The zero-order chi connectivity index (χ0) is 16.9. The third-order valence-corrected chi connectivity index (χ3v) is 2.58. The number of alkyl carbamates (subject to hydrolysis) is 1. The van der Waals surface area contributed by atoms with Crippen molar-refractivity contribution in [3.05, 3.63) is 39.9 Å². The van der Waals surface area contributed by atoms with Crippen molar-refractivity contribution in [2.24, 2.45) is 0 Å². The molecule has 8 heteroatoms. The molecule has 0 aromatic heterocycles. The molecule has 120 valence electrons. The molecular formula is C14H18N2O6. The topological polar surface area (TPSA) is 119 Å². The van der Waals surface area contributed by atoms with Gasteiger partial charge < -0.3 is 15.2 Å². The van der Waals surface area contributed by atoms with Crippen molar-refractivity contribution in [1.82, 2.24) is 5.32 Å². The lowest BCUT2D eigenvalue weighted by atomic mass is 10.1. The first kappa shape index (κ1) is 17.4. The molecule has 1 aromatic carbocycles. The number of carboxylic acid groups (broad SMARTS) is 1. The number of amides is 1. The largest absolute Gasteiger partial charge is 0.480 e. The predicted molar refractivity (Wildman–Crippen MR) is 77.6 cm³/mol. The van der Waals surface area contributed by atoms with E-state index >= 15 is 0 Å². The summed E-state index contributed by atoms with van der Waals surface area (Å²) < 4.78 is 5.00. The molecule has 0 saturated carbocycles. The van der Waals surface area contributed by atoms with Crippen molar-refractivity contribution in [2.75, 3.05) is 0 Å². The fraction of sp³-hybridized carbons (Fsp3) is 0.429. The van der Waals surface area contributed by atoms with Crippen LogP contribution in [-0.2, 0) is 16.0 Å². The van der Waals surface area contributed by atoms with Gasteiger partial charge in [0.05, 0.1) is 4.92 Å². The Morgan fingerprint density at radius 2 is 1.86 bits per heavy atom. The second kappa shape index (κ2) is 6.88. The summed E-state index contributed by atoms with van der Waals surface area (Å²) in [5.41, 5.74) is -0.273. The van der Waals surface area contributed by atoms with Gasteiger partial charge in [0.15, 0.2) is 0 Å². The van der Waals surface area contributed by atoms with E-state index < -0.39 is 28.6 Å². The number of nitro benzene ring substituents is 1. The van der Waals surface area contributed by atoms with E-state index in [1.54, 1.807) is 20.8 Å². The first-order chi connectivity index (χ1) is 10.1. The molecule has 0 aliphatic heterocycles. The zero-order valence-corrected chi connectivity index (χ0v) is 12.5. The Balaban J connectivity index is 2.74. The molecule has 0 bridgehead atoms. The minimum absolute atomic E-state index is 0.00737. The lowest BCUT2D eigenvalue weighted by molar-refractivity contribution is -0.384. The van der Waals surface area contributed by atoms with Gasteiger partial charge in [-0.05, 0) is 26.3 Å². The number of rotatable bonds is 5. The average molecular weight is 310 g/mol. The van der Waals surface area contributed by atoms with E-state index in [2.05, 4.69) is 5.32 Å². The van der Waals surface area contributed by atoms with Gasteiger partial charge in [-0.15, -0.1) is 0 Å². The Morgan fingerprint density at radius 3 is 2.27 bits per heavy atom. The van der Waals surface area contributed by atoms with Crippen LogP contribution in [0, 0.1) is 10.1 Å². The van der Waals surface area contributed by atoms with Crippen molar-refractivity contribution in [2.45, 2.75) is 38.8 Å².